The van der Waals surface area contributed by atoms with E-state index in [1.54, 1.807) is 13.0 Å². The molecule has 1 amide bonds. The second-order valence-electron chi connectivity index (χ2n) is 5.62. The predicted molar refractivity (Wildman–Crippen MR) is 85.8 cm³/mol. The maximum atomic E-state index is 12.3. The predicted octanol–water partition coefficient (Wildman–Crippen LogP) is 2.24. The number of anilines is 1. The molecular formula is C16H21ClNO5-. The summed E-state index contributed by atoms with van der Waals surface area (Å²) < 4.78 is 10.3. The van der Waals surface area contributed by atoms with E-state index in [0.717, 1.165) is 0 Å². The van der Waals surface area contributed by atoms with Crippen molar-refractivity contribution in [3.8, 4) is 11.5 Å². The Morgan fingerprint density at radius 1 is 1.22 bits per heavy atom. The van der Waals surface area contributed by atoms with Crippen LogP contribution in [-0.4, -0.2) is 26.1 Å². The number of carbonyl (C=O) groups is 2. The van der Waals surface area contributed by atoms with E-state index in [2.05, 4.69) is 5.32 Å². The van der Waals surface area contributed by atoms with Gasteiger partial charge in [-0.2, -0.15) is 0 Å². The van der Waals surface area contributed by atoms with Gasteiger partial charge < -0.3 is 24.7 Å². The third-order valence-corrected chi connectivity index (χ3v) is 4.06. The van der Waals surface area contributed by atoms with Gasteiger partial charge in [0.15, 0.2) is 0 Å². The Morgan fingerprint density at radius 3 is 2.30 bits per heavy atom. The van der Waals surface area contributed by atoms with Gasteiger partial charge in [0.05, 0.1) is 24.9 Å². The molecule has 7 heteroatoms. The zero-order valence-corrected chi connectivity index (χ0v) is 14.5. The Hall–Kier alpha value is -1.95. The van der Waals surface area contributed by atoms with E-state index in [1.807, 2.05) is 6.92 Å². The largest absolute Gasteiger partial charge is 0.550 e. The Morgan fingerprint density at radius 2 is 1.83 bits per heavy atom. The Kier molecular flexibility index (Phi) is 6.69. The number of rotatable bonds is 8. The Bertz CT molecular complexity index is 590. The fourth-order valence-electron chi connectivity index (χ4n) is 2.20. The van der Waals surface area contributed by atoms with Crippen molar-refractivity contribution in [2.24, 2.45) is 5.41 Å². The second kappa shape index (κ2) is 8.06. The van der Waals surface area contributed by atoms with Gasteiger partial charge in [-0.1, -0.05) is 25.4 Å². The number of carbonyl (C=O) groups excluding carboxylic acids is 2. The molecule has 0 spiro atoms. The maximum Gasteiger partial charge on any atom is 0.225 e. The zero-order valence-electron chi connectivity index (χ0n) is 13.7. The summed E-state index contributed by atoms with van der Waals surface area (Å²) in [6.07, 6.45) is 0.402. The second-order valence-corrected chi connectivity index (χ2v) is 6.03. The minimum absolute atomic E-state index is 0.0472. The number of benzene rings is 1. The SMILES string of the molecule is CC[C@@](C)(CC(=O)[O-])CC(=O)Nc1cc(OC)c(Cl)cc1OC. The van der Waals surface area contributed by atoms with Crippen molar-refractivity contribution >= 4 is 29.2 Å². The fraction of sp³-hybridized carbons (Fsp3) is 0.500. The molecule has 1 N–H and O–H groups in total. The third-order valence-electron chi connectivity index (χ3n) is 3.76. The van der Waals surface area contributed by atoms with Gasteiger partial charge in [0.25, 0.3) is 0 Å². The number of carboxylic acids is 1. The quantitative estimate of drug-likeness (QED) is 0.782. The van der Waals surface area contributed by atoms with E-state index in [4.69, 9.17) is 21.1 Å². The van der Waals surface area contributed by atoms with Crippen LogP contribution in [0, 0.1) is 5.41 Å². The summed E-state index contributed by atoms with van der Waals surface area (Å²) in [4.78, 5) is 23.1. The first-order chi connectivity index (χ1) is 10.7. The molecule has 0 saturated heterocycles. The Labute approximate surface area is 140 Å². The van der Waals surface area contributed by atoms with Gasteiger partial charge in [0.2, 0.25) is 5.91 Å². The summed E-state index contributed by atoms with van der Waals surface area (Å²) in [5.74, 6) is -0.704. The standard InChI is InChI=1S/C16H22ClNO5/c1-5-16(2,9-15(20)21)8-14(19)18-11-7-12(22-3)10(17)6-13(11)23-4/h6-7H,5,8-9H2,1-4H3,(H,18,19)(H,20,21)/p-1/t16-/m1/s1. The summed E-state index contributed by atoms with van der Waals surface area (Å²) >= 11 is 6.01. The maximum absolute atomic E-state index is 12.3. The van der Waals surface area contributed by atoms with Crippen LogP contribution < -0.4 is 19.9 Å². The molecule has 0 aliphatic heterocycles. The van der Waals surface area contributed by atoms with Gasteiger partial charge in [-0.05, 0) is 18.3 Å². The fourth-order valence-corrected chi connectivity index (χ4v) is 2.43. The molecular weight excluding hydrogens is 322 g/mol. The zero-order chi connectivity index (χ0) is 17.6. The van der Waals surface area contributed by atoms with E-state index in [-0.39, 0.29) is 18.7 Å². The highest BCUT2D eigenvalue weighted by atomic mass is 35.5. The number of hydrogen-bond donors (Lipinski definition) is 1. The van der Waals surface area contributed by atoms with Gasteiger partial charge >= 0.3 is 0 Å². The monoisotopic (exact) mass is 342 g/mol. The number of ether oxygens (including phenoxy) is 2. The van der Waals surface area contributed by atoms with Gasteiger partial charge in [-0.15, -0.1) is 0 Å². The highest BCUT2D eigenvalue weighted by molar-refractivity contribution is 6.32. The van der Waals surface area contributed by atoms with Crippen molar-refractivity contribution in [2.75, 3.05) is 19.5 Å². The molecule has 0 bridgehead atoms. The molecule has 1 aromatic rings. The van der Waals surface area contributed by atoms with Crippen LogP contribution in [0.1, 0.15) is 33.1 Å². The number of methoxy groups -OCH3 is 2. The number of amides is 1. The van der Waals surface area contributed by atoms with Gasteiger partial charge in [-0.25, -0.2) is 0 Å². The highest BCUT2D eigenvalue weighted by Crippen LogP contribution is 2.37. The van der Waals surface area contributed by atoms with E-state index in [0.29, 0.717) is 28.6 Å². The molecule has 0 aliphatic rings. The van der Waals surface area contributed by atoms with Crippen molar-refractivity contribution in [3.63, 3.8) is 0 Å². The molecule has 128 valence electrons. The van der Waals surface area contributed by atoms with Crippen LogP contribution in [0.4, 0.5) is 5.69 Å². The molecule has 23 heavy (non-hydrogen) atoms. The van der Waals surface area contributed by atoms with Crippen molar-refractivity contribution in [1.82, 2.24) is 0 Å². The topological polar surface area (TPSA) is 87.7 Å². The summed E-state index contributed by atoms with van der Waals surface area (Å²) in [7, 11) is 2.92. The van der Waals surface area contributed by atoms with Crippen molar-refractivity contribution < 1.29 is 24.2 Å². The van der Waals surface area contributed by atoms with E-state index in [9.17, 15) is 14.7 Å². The van der Waals surface area contributed by atoms with E-state index in [1.165, 1.54) is 20.3 Å². The first-order valence-corrected chi connectivity index (χ1v) is 7.53. The van der Waals surface area contributed by atoms with Crippen LogP contribution in [0.5, 0.6) is 11.5 Å². The molecule has 0 saturated carbocycles. The van der Waals surface area contributed by atoms with Gasteiger partial charge in [-0.3, -0.25) is 4.79 Å². The number of carboxylic acid groups (broad SMARTS) is 1. The molecule has 6 nitrogen and oxygen atoms in total. The molecule has 1 atom stereocenters. The minimum atomic E-state index is -1.17. The van der Waals surface area contributed by atoms with Crippen molar-refractivity contribution in [3.05, 3.63) is 17.2 Å². The third kappa shape index (κ3) is 5.32. The van der Waals surface area contributed by atoms with Crippen molar-refractivity contribution in [1.29, 1.82) is 0 Å². The van der Waals surface area contributed by atoms with Gasteiger partial charge in [0.1, 0.15) is 11.5 Å². The van der Waals surface area contributed by atoms with E-state index >= 15 is 0 Å². The highest BCUT2D eigenvalue weighted by Gasteiger charge is 2.26. The molecule has 0 aliphatic carbocycles. The average molecular weight is 343 g/mol. The smallest absolute Gasteiger partial charge is 0.225 e. The van der Waals surface area contributed by atoms with Gasteiger partial charge in [0, 0.05) is 24.5 Å². The number of aliphatic carboxylic acids is 1. The lowest BCUT2D eigenvalue weighted by molar-refractivity contribution is -0.308. The summed E-state index contributed by atoms with van der Waals surface area (Å²) in [6.45, 7) is 3.57. The summed E-state index contributed by atoms with van der Waals surface area (Å²) in [6, 6.07) is 3.09. The van der Waals surface area contributed by atoms with Crippen LogP contribution in [0.3, 0.4) is 0 Å². The lowest BCUT2D eigenvalue weighted by Crippen LogP contribution is -2.33. The molecule has 0 fully saturated rings. The molecule has 0 unspecified atom stereocenters. The number of hydrogen-bond acceptors (Lipinski definition) is 5. The summed E-state index contributed by atoms with van der Waals surface area (Å²) in [5, 5.41) is 13.9. The molecule has 0 aromatic heterocycles. The first-order valence-electron chi connectivity index (χ1n) is 7.16. The average Bonchev–Trinajstić information content (AvgIpc) is 2.47. The van der Waals surface area contributed by atoms with Crippen LogP contribution in [0.2, 0.25) is 5.02 Å². The van der Waals surface area contributed by atoms with Crippen LogP contribution in [-0.2, 0) is 9.59 Å². The molecule has 1 rings (SSSR count). The summed E-state index contributed by atoms with van der Waals surface area (Å²) in [5.41, 5.74) is -0.266. The normalized spacial score (nSPS) is 13.1. The lowest BCUT2D eigenvalue weighted by Gasteiger charge is -2.28. The molecule has 1 aromatic carbocycles. The van der Waals surface area contributed by atoms with Crippen molar-refractivity contribution in [2.45, 2.75) is 33.1 Å². The molecule has 0 radical (unpaired) electrons. The van der Waals surface area contributed by atoms with Crippen LogP contribution in [0.15, 0.2) is 12.1 Å². The van der Waals surface area contributed by atoms with Crippen LogP contribution >= 0.6 is 11.6 Å². The molecule has 0 heterocycles. The number of halogens is 1. The van der Waals surface area contributed by atoms with E-state index < -0.39 is 11.4 Å². The van der Waals surface area contributed by atoms with Crippen LogP contribution in [0.25, 0.3) is 0 Å². The lowest BCUT2D eigenvalue weighted by atomic mass is 9.80. The first kappa shape index (κ1) is 19.1. The minimum Gasteiger partial charge on any atom is -0.550 e. The number of nitrogens with one attached hydrogen (secondary N) is 1. The Balaban J connectivity index is 2.94.